The first-order valence-corrected chi connectivity index (χ1v) is 17.9. The third-order valence-electron chi connectivity index (χ3n) is 11.2. The first-order chi connectivity index (χ1) is 23.7. The minimum atomic E-state index is -0.477. The van der Waals surface area contributed by atoms with Gasteiger partial charge in [-0.15, -0.1) is 0 Å². The molecule has 5 atom stereocenters. The molecule has 10 rings (SSSR count). The highest BCUT2D eigenvalue weighted by atomic mass is 35.5. The number of nitriles is 1. The van der Waals surface area contributed by atoms with Crippen molar-refractivity contribution in [1.29, 1.82) is 5.26 Å². The third-order valence-corrected chi connectivity index (χ3v) is 12.0. The summed E-state index contributed by atoms with van der Waals surface area (Å²) in [5.41, 5.74) is 5.28. The average molecular weight is 698 g/mol. The van der Waals surface area contributed by atoms with Crippen molar-refractivity contribution in [1.82, 2.24) is 34.8 Å². The van der Waals surface area contributed by atoms with E-state index < -0.39 is 5.82 Å². The zero-order chi connectivity index (χ0) is 33.7. The Balaban J connectivity index is 1.30. The van der Waals surface area contributed by atoms with Crippen molar-refractivity contribution in [3.05, 3.63) is 75.0 Å². The molecule has 0 unspecified atom stereocenters. The number of aryl methyl sites for hydroxylation is 3. The topological polar surface area (TPSA) is 105 Å². The van der Waals surface area contributed by atoms with Gasteiger partial charge in [-0.05, 0) is 75.6 Å². The van der Waals surface area contributed by atoms with Crippen molar-refractivity contribution in [2.75, 3.05) is 13.1 Å². The minimum absolute atomic E-state index is 0.0555. The standard InChI is InChI=1S/C37H35Cl2FN8O/c1-18-15-43-48(45-18)23-13-29(46(17-23)37(49)20-8-9-20)30-14-25-19(2)44-34-26(36(25)47(30)35-22-12-28(35)42-16-22)11-21(5-4-10-41)31(33(34)40)24-6-3-7-27(38)32(24)39/h3,6-7,11,14-15,20,22-23,28-29,35,42H,4-5,8-9,12-13,16-17H2,1-2H3/t22-,23+,28-,29-,35+/m1/s1. The molecule has 250 valence electrons. The van der Waals surface area contributed by atoms with Gasteiger partial charge in [0.1, 0.15) is 5.52 Å². The normalized spacial score (nSPS) is 24.6. The van der Waals surface area contributed by atoms with Crippen LogP contribution in [0, 0.1) is 42.8 Å². The monoisotopic (exact) mass is 696 g/mol. The number of carbonyl (C=O) groups is 1. The summed E-state index contributed by atoms with van der Waals surface area (Å²) in [4.78, 5) is 22.7. The first kappa shape index (κ1) is 31.0. The van der Waals surface area contributed by atoms with Gasteiger partial charge in [-0.1, -0.05) is 35.3 Å². The molecule has 3 aromatic heterocycles. The Morgan fingerprint density at radius 2 is 2.00 bits per heavy atom. The molecule has 3 saturated heterocycles. The van der Waals surface area contributed by atoms with Crippen molar-refractivity contribution in [2.45, 2.75) is 76.5 Å². The Hall–Kier alpha value is -4.04. The van der Waals surface area contributed by atoms with E-state index in [-0.39, 0.29) is 53.0 Å². The molecule has 3 aliphatic heterocycles. The van der Waals surface area contributed by atoms with Crippen LogP contribution in [0.1, 0.15) is 72.9 Å². The fourth-order valence-corrected chi connectivity index (χ4v) is 9.10. The second-order valence-corrected chi connectivity index (χ2v) is 15.0. The number of halogens is 3. The Morgan fingerprint density at radius 1 is 1.16 bits per heavy atom. The summed E-state index contributed by atoms with van der Waals surface area (Å²) >= 11 is 13.1. The van der Waals surface area contributed by atoms with Gasteiger partial charge < -0.3 is 14.8 Å². The summed E-state index contributed by atoms with van der Waals surface area (Å²) in [5, 5.41) is 24.7. The van der Waals surface area contributed by atoms with Crippen LogP contribution in [0.2, 0.25) is 10.0 Å². The number of hydrogen-bond donors (Lipinski definition) is 1. The maximum absolute atomic E-state index is 17.1. The van der Waals surface area contributed by atoms with E-state index in [1.807, 2.05) is 19.9 Å². The zero-order valence-electron chi connectivity index (χ0n) is 27.3. The Morgan fingerprint density at radius 3 is 2.69 bits per heavy atom. The van der Waals surface area contributed by atoms with Crippen molar-refractivity contribution in [2.24, 2.45) is 11.8 Å². The van der Waals surface area contributed by atoms with E-state index >= 15 is 4.39 Å². The Bertz CT molecular complexity index is 2220. The fraction of sp³-hybridized carbons (Fsp3) is 0.432. The molecule has 5 aromatic rings. The van der Waals surface area contributed by atoms with Crippen LogP contribution < -0.4 is 5.32 Å². The second kappa shape index (κ2) is 11.5. The number of likely N-dealkylation sites (tertiary alicyclic amines) is 1. The van der Waals surface area contributed by atoms with Gasteiger partial charge in [0.25, 0.3) is 0 Å². The number of fused-ring (bicyclic) bond motifs is 4. The molecule has 2 aromatic carbocycles. The minimum Gasteiger partial charge on any atom is -0.337 e. The van der Waals surface area contributed by atoms with E-state index in [0.717, 1.165) is 48.1 Å². The average Bonchev–Trinajstić information content (AvgIpc) is 3.54. The number of hydrogen-bond acceptors (Lipinski definition) is 6. The van der Waals surface area contributed by atoms with Crippen molar-refractivity contribution >= 4 is 50.9 Å². The smallest absolute Gasteiger partial charge is 0.226 e. The summed E-state index contributed by atoms with van der Waals surface area (Å²) < 4.78 is 19.6. The van der Waals surface area contributed by atoms with E-state index in [2.05, 4.69) is 37.1 Å². The molecule has 1 amide bonds. The summed E-state index contributed by atoms with van der Waals surface area (Å²) in [7, 11) is 0. The molecule has 2 bridgehead atoms. The molecule has 0 spiro atoms. The molecular formula is C37H35Cl2FN8O. The number of pyridine rings is 1. The van der Waals surface area contributed by atoms with E-state index in [4.69, 9.17) is 28.2 Å². The molecule has 5 fully saturated rings. The van der Waals surface area contributed by atoms with Crippen LogP contribution in [-0.2, 0) is 11.2 Å². The molecule has 9 nitrogen and oxygen atoms in total. The maximum atomic E-state index is 17.1. The molecule has 2 aliphatic carbocycles. The van der Waals surface area contributed by atoms with Gasteiger partial charge in [-0.3, -0.25) is 4.79 Å². The number of nitrogens with one attached hydrogen (secondary N) is 1. The lowest BCUT2D eigenvalue weighted by Crippen LogP contribution is -2.41. The Kier molecular flexibility index (Phi) is 7.28. The van der Waals surface area contributed by atoms with Crippen LogP contribution in [-0.4, -0.2) is 54.5 Å². The molecule has 12 heteroatoms. The number of rotatable bonds is 7. The lowest BCUT2D eigenvalue weighted by molar-refractivity contribution is -0.133. The predicted molar refractivity (Wildman–Crippen MR) is 186 cm³/mol. The lowest BCUT2D eigenvalue weighted by Gasteiger charge is -2.39. The van der Waals surface area contributed by atoms with Crippen molar-refractivity contribution < 1.29 is 9.18 Å². The van der Waals surface area contributed by atoms with Gasteiger partial charge in [0, 0.05) is 64.8 Å². The largest absolute Gasteiger partial charge is 0.337 e. The lowest BCUT2D eigenvalue weighted by atomic mass is 9.79. The summed E-state index contributed by atoms with van der Waals surface area (Å²) in [6, 6.07) is 11.8. The molecular weight excluding hydrogens is 662 g/mol. The van der Waals surface area contributed by atoms with Crippen LogP contribution in [0.5, 0.6) is 0 Å². The van der Waals surface area contributed by atoms with Gasteiger partial charge in [-0.25, -0.2) is 9.37 Å². The van der Waals surface area contributed by atoms with Crippen LogP contribution in [0.15, 0.2) is 36.5 Å². The van der Waals surface area contributed by atoms with Crippen LogP contribution in [0.4, 0.5) is 4.39 Å². The van der Waals surface area contributed by atoms with Gasteiger partial charge in [-0.2, -0.15) is 20.3 Å². The van der Waals surface area contributed by atoms with E-state index in [1.54, 1.807) is 29.2 Å². The second-order valence-electron chi connectivity index (χ2n) is 14.3. The quantitative estimate of drug-likeness (QED) is 0.190. The van der Waals surface area contributed by atoms with Crippen LogP contribution >= 0.6 is 23.2 Å². The summed E-state index contributed by atoms with van der Waals surface area (Å²) in [6.45, 7) is 5.32. The Labute approximate surface area is 293 Å². The highest BCUT2D eigenvalue weighted by Crippen LogP contribution is 2.52. The zero-order valence-corrected chi connectivity index (χ0v) is 28.8. The van der Waals surface area contributed by atoms with Crippen molar-refractivity contribution in [3.8, 4) is 17.2 Å². The summed E-state index contributed by atoms with van der Waals surface area (Å²) in [6.07, 6.45) is 5.92. The van der Waals surface area contributed by atoms with Crippen molar-refractivity contribution in [3.63, 3.8) is 0 Å². The predicted octanol–water partition coefficient (Wildman–Crippen LogP) is 7.42. The number of benzene rings is 2. The fourth-order valence-electron chi connectivity index (χ4n) is 8.70. The van der Waals surface area contributed by atoms with Crippen LogP contribution in [0.25, 0.3) is 32.9 Å². The van der Waals surface area contributed by atoms with Gasteiger partial charge >= 0.3 is 0 Å². The highest BCUT2D eigenvalue weighted by molar-refractivity contribution is 6.43. The highest BCUT2D eigenvalue weighted by Gasteiger charge is 2.51. The number of nitrogens with zero attached hydrogens (tertiary/aromatic N) is 7. The van der Waals surface area contributed by atoms with E-state index in [9.17, 15) is 10.1 Å². The summed E-state index contributed by atoms with van der Waals surface area (Å²) in [5.74, 6) is 0.201. The van der Waals surface area contributed by atoms with Gasteiger partial charge in [0.2, 0.25) is 5.91 Å². The van der Waals surface area contributed by atoms with Gasteiger partial charge in [0.05, 0.1) is 51.6 Å². The van der Waals surface area contributed by atoms with E-state index in [1.165, 1.54) is 0 Å². The third kappa shape index (κ3) is 4.80. The maximum Gasteiger partial charge on any atom is 0.226 e. The number of carbonyl (C=O) groups excluding carboxylic acids is 1. The van der Waals surface area contributed by atoms with E-state index in [0.29, 0.717) is 58.1 Å². The number of amides is 1. The van der Waals surface area contributed by atoms with Crippen LogP contribution in [0.3, 0.4) is 0 Å². The first-order valence-electron chi connectivity index (χ1n) is 17.1. The SMILES string of the molecule is Cc1cnn([C@H]2C[C@H](c3cc4c(C)nc5c(F)c(-c6cccc(Cl)c6Cl)c(CCC#N)cc5c4n3[C@H]3[C@H]4CN[C@@H]3C4)N(C(=O)C3CC3)C2)n1. The molecule has 2 saturated carbocycles. The van der Waals surface area contributed by atoms with Gasteiger partial charge in [0.15, 0.2) is 5.82 Å². The molecule has 6 heterocycles. The molecule has 5 aliphatic rings. The number of aromatic nitrogens is 5. The molecule has 49 heavy (non-hydrogen) atoms. The molecule has 1 N–H and O–H groups in total. The molecule has 0 radical (unpaired) electrons.